The fourth-order valence-electron chi connectivity index (χ4n) is 1.66. The van der Waals surface area contributed by atoms with Gasteiger partial charge in [0.1, 0.15) is 11.4 Å². The normalized spacial score (nSPS) is 10.4. The van der Waals surface area contributed by atoms with Crippen LogP contribution in [0.5, 0.6) is 5.75 Å². The lowest BCUT2D eigenvalue weighted by Gasteiger charge is -2.10. The second-order valence-electron chi connectivity index (χ2n) is 4.09. The number of aromatic nitrogens is 1. The van der Waals surface area contributed by atoms with Crippen LogP contribution < -0.4 is 5.32 Å². The van der Waals surface area contributed by atoms with Crippen molar-refractivity contribution in [1.29, 1.82) is 0 Å². The van der Waals surface area contributed by atoms with E-state index in [9.17, 15) is 9.90 Å². The van der Waals surface area contributed by atoms with Crippen molar-refractivity contribution in [2.24, 2.45) is 0 Å². The van der Waals surface area contributed by atoms with Crippen molar-refractivity contribution < 1.29 is 9.90 Å². The molecule has 0 fully saturated rings. The summed E-state index contributed by atoms with van der Waals surface area (Å²) in [6.45, 7) is 3.58. The summed E-state index contributed by atoms with van der Waals surface area (Å²) in [6, 6.07) is 5.24. The second-order valence-corrected chi connectivity index (χ2v) is 5.01. The first-order chi connectivity index (χ1) is 8.49. The first-order valence-corrected chi connectivity index (χ1v) is 6.23. The van der Waals surface area contributed by atoms with Crippen LogP contribution in [0, 0.1) is 13.8 Å². The quantitative estimate of drug-likeness (QED) is 0.796. The zero-order valence-electron chi connectivity index (χ0n) is 10.0. The number of hydrogen-bond donors (Lipinski definition) is 3. The smallest absolute Gasteiger partial charge is 0.272 e. The Hall–Kier alpha value is -1.75. The van der Waals surface area contributed by atoms with Crippen LogP contribution in [0.25, 0.3) is 0 Å². The van der Waals surface area contributed by atoms with Crippen molar-refractivity contribution >= 4 is 27.5 Å². The van der Waals surface area contributed by atoms with Crippen LogP contribution in [0.1, 0.15) is 21.6 Å². The number of H-pyrrole nitrogens is 1. The maximum atomic E-state index is 11.9. The third kappa shape index (κ3) is 2.41. The molecule has 2 rings (SSSR count). The van der Waals surface area contributed by atoms with Crippen LogP contribution >= 0.6 is 15.9 Å². The van der Waals surface area contributed by atoms with E-state index in [1.807, 2.05) is 6.92 Å². The van der Waals surface area contributed by atoms with E-state index in [2.05, 4.69) is 26.2 Å². The molecule has 18 heavy (non-hydrogen) atoms. The molecule has 0 aliphatic heterocycles. The highest BCUT2D eigenvalue weighted by Crippen LogP contribution is 2.28. The van der Waals surface area contributed by atoms with E-state index in [1.54, 1.807) is 31.3 Å². The fraction of sp³-hybridized carbons (Fsp3) is 0.154. The van der Waals surface area contributed by atoms with Crippen molar-refractivity contribution in [3.05, 3.63) is 45.7 Å². The number of aromatic amines is 1. The Morgan fingerprint density at radius 3 is 2.72 bits per heavy atom. The Balaban J connectivity index is 2.25. The van der Waals surface area contributed by atoms with Crippen LogP contribution in [-0.4, -0.2) is 16.0 Å². The van der Waals surface area contributed by atoms with E-state index in [0.29, 0.717) is 16.9 Å². The number of rotatable bonds is 2. The summed E-state index contributed by atoms with van der Waals surface area (Å²) in [4.78, 5) is 14.8. The second kappa shape index (κ2) is 4.86. The van der Waals surface area contributed by atoms with Gasteiger partial charge in [-0.2, -0.15) is 0 Å². The van der Waals surface area contributed by atoms with Crippen LogP contribution in [0.15, 0.2) is 28.9 Å². The number of phenolic OH excluding ortho intramolecular Hbond substituents is 1. The molecular weight excluding hydrogens is 296 g/mol. The Bertz CT molecular complexity index is 605. The molecule has 0 aliphatic rings. The van der Waals surface area contributed by atoms with E-state index < -0.39 is 0 Å². The molecule has 5 heteroatoms. The number of phenols is 1. The molecule has 4 nitrogen and oxygen atoms in total. The third-order valence-corrected chi connectivity index (χ3v) is 3.23. The molecule has 0 bridgehead atoms. The molecule has 0 atom stereocenters. The molecule has 0 aliphatic carbocycles. The van der Waals surface area contributed by atoms with Gasteiger partial charge < -0.3 is 15.4 Å². The molecule has 0 unspecified atom stereocenters. The summed E-state index contributed by atoms with van der Waals surface area (Å²) in [5, 5.41) is 12.6. The summed E-state index contributed by atoms with van der Waals surface area (Å²) in [5.41, 5.74) is 2.51. The highest BCUT2D eigenvalue weighted by molar-refractivity contribution is 9.10. The average Bonchev–Trinajstić information content (AvgIpc) is 2.77. The van der Waals surface area contributed by atoms with Gasteiger partial charge in [-0.3, -0.25) is 4.79 Å². The SMILES string of the molecule is Cc1ccc(NC(=O)c2cc(Br)c[nH]2)c(C)c1O. The lowest BCUT2D eigenvalue weighted by atomic mass is 10.1. The number of carbonyl (C=O) groups is 1. The van der Waals surface area contributed by atoms with Crippen LogP contribution in [0.2, 0.25) is 0 Å². The van der Waals surface area contributed by atoms with Gasteiger partial charge in [0.25, 0.3) is 5.91 Å². The number of anilines is 1. The monoisotopic (exact) mass is 308 g/mol. The number of aromatic hydroxyl groups is 1. The van der Waals surface area contributed by atoms with Crippen molar-refractivity contribution in [2.45, 2.75) is 13.8 Å². The minimum Gasteiger partial charge on any atom is -0.507 e. The lowest BCUT2D eigenvalue weighted by Crippen LogP contribution is -2.13. The molecule has 0 saturated heterocycles. The van der Waals surface area contributed by atoms with E-state index in [0.717, 1.165) is 10.0 Å². The van der Waals surface area contributed by atoms with Crippen LogP contribution in [-0.2, 0) is 0 Å². The Morgan fingerprint density at radius 1 is 1.39 bits per heavy atom. The predicted molar refractivity (Wildman–Crippen MR) is 74.0 cm³/mol. The third-order valence-electron chi connectivity index (χ3n) is 2.77. The number of benzene rings is 1. The topological polar surface area (TPSA) is 65.1 Å². The van der Waals surface area contributed by atoms with Gasteiger partial charge in [-0.25, -0.2) is 0 Å². The van der Waals surface area contributed by atoms with Crippen LogP contribution in [0.4, 0.5) is 5.69 Å². The standard InChI is InChI=1S/C13H13BrN2O2/c1-7-3-4-10(8(2)12(7)17)16-13(18)11-5-9(14)6-15-11/h3-6,15,17H,1-2H3,(H,16,18). The number of hydrogen-bond acceptors (Lipinski definition) is 2. The van der Waals surface area contributed by atoms with Crippen LogP contribution in [0.3, 0.4) is 0 Å². The summed E-state index contributed by atoms with van der Waals surface area (Å²) >= 11 is 3.27. The Morgan fingerprint density at radius 2 is 2.11 bits per heavy atom. The largest absolute Gasteiger partial charge is 0.507 e. The number of amides is 1. The molecule has 0 radical (unpaired) electrons. The van der Waals surface area contributed by atoms with Gasteiger partial charge in [0.2, 0.25) is 0 Å². The molecule has 1 aromatic carbocycles. The van der Waals surface area contributed by atoms with Gasteiger partial charge in [0.05, 0.1) is 0 Å². The van der Waals surface area contributed by atoms with E-state index in [4.69, 9.17) is 0 Å². The molecule has 1 aromatic heterocycles. The van der Waals surface area contributed by atoms with E-state index in [1.165, 1.54) is 0 Å². The summed E-state index contributed by atoms with van der Waals surface area (Å²) in [6.07, 6.45) is 1.69. The molecule has 94 valence electrons. The fourth-order valence-corrected chi connectivity index (χ4v) is 2.00. The number of nitrogens with one attached hydrogen (secondary N) is 2. The van der Waals surface area contributed by atoms with Crippen molar-refractivity contribution in [2.75, 3.05) is 5.32 Å². The van der Waals surface area contributed by atoms with Gasteiger partial charge >= 0.3 is 0 Å². The van der Waals surface area contributed by atoms with E-state index in [-0.39, 0.29) is 11.7 Å². The molecular formula is C13H13BrN2O2. The molecule has 2 aromatic rings. The summed E-state index contributed by atoms with van der Waals surface area (Å²) in [5.74, 6) is -0.0347. The zero-order valence-corrected chi connectivity index (χ0v) is 11.6. The summed E-state index contributed by atoms with van der Waals surface area (Å²) in [7, 11) is 0. The minimum absolute atomic E-state index is 0.209. The van der Waals surface area contributed by atoms with Crippen molar-refractivity contribution in [1.82, 2.24) is 4.98 Å². The first-order valence-electron chi connectivity index (χ1n) is 5.43. The van der Waals surface area contributed by atoms with Gasteiger partial charge in [0.15, 0.2) is 0 Å². The van der Waals surface area contributed by atoms with Gasteiger partial charge in [-0.05, 0) is 47.5 Å². The first kappa shape index (κ1) is 12.7. The number of halogens is 1. The highest BCUT2D eigenvalue weighted by atomic mass is 79.9. The minimum atomic E-state index is -0.243. The molecule has 0 saturated carbocycles. The molecule has 0 spiro atoms. The van der Waals surface area contributed by atoms with E-state index >= 15 is 0 Å². The predicted octanol–water partition coefficient (Wildman–Crippen LogP) is 3.35. The Labute approximate surface area is 113 Å². The van der Waals surface area contributed by atoms with Gasteiger partial charge in [-0.1, -0.05) is 6.07 Å². The Kier molecular flexibility index (Phi) is 3.43. The average molecular weight is 309 g/mol. The molecule has 3 N–H and O–H groups in total. The number of carbonyl (C=O) groups excluding carboxylic acids is 1. The highest BCUT2D eigenvalue weighted by Gasteiger charge is 2.12. The lowest BCUT2D eigenvalue weighted by molar-refractivity contribution is 0.102. The zero-order chi connectivity index (χ0) is 13.3. The van der Waals surface area contributed by atoms with Gasteiger partial charge in [0, 0.05) is 21.9 Å². The number of aryl methyl sites for hydroxylation is 1. The molecule has 1 amide bonds. The maximum Gasteiger partial charge on any atom is 0.272 e. The maximum absolute atomic E-state index is 11.9. The van der Waals surface area contributed by atoms with Crippen molar-refractivity contribution in [3.8, 4) is 5.75 Å². The van der Waals surface area contributed by atoms with Gasteiger partial charge in [-0.15, -0.1) is 0 Å². The van der Waals surface area contributed by atoms with Crippen molar-refractivity contribution in [3.63, 3.8) is 0 Å². The molecule has 1 heterocycles. The summed E-state index contributed by atoms with van der Waals surface area (Å²) < 4.78 is 0.816.